The Labute approximate surface area is 150 Å². The first kappa shape index (κ1) is 15.3. The molecule has 0 saturated heterocycles. The quantitative estimate of drug-likeness (QED) is 0.613. The number of nitrogens with two attached hydrogens (primary N) is 1. The van der Waals surface area contributed by atoms with Gasteiger partial charge in [0, 0.05) is 5.56 Å². The summed E-state index contributed by atoms with van der Waals surface area (Å²) in [5, 5.41) is 4.04. The molecule has 6 nitrogen and oxygen atoms in total. The van der Waals surface area contributed by atoms with Crippen LogP contribution in [-0.4, -0.2) is 19.7 Å². The van der Waals surface area contributed by atoms with Crippen LogP contribution in [0.2, 0.25) is 0 Å². The Morgan fingerprint density at radius 3 is 2.77 bits per heavy atom. The van der Waals surface area contributed by atoms with Gasteiger partial charge in [0.1, 0.15) is 6.33 Å². The minimum atomic E-state index is -0.393. The third-order valence-corrected chi connectivity index (χ3v) is 5.08. The number of aromatic nitrogens is 4. The predicted molar refractivity (Wildman–Crippen MR) is 98.9 cm³/mol. The fourth-order valence-corrected chi connectivity index (χ4v) is 3.22. The Balaban J connectivity index is 1.57. The van der Waals surface area contributed by atoms with Crippen LogP contribution < -0.4 is 5.73 Å². The van der Waals surface area contributed by atoms with Crippen LogP contribution in [0.3, 0.4) is 0 Å². The van der Waals surface area contributed by atoms with Crippen molar-refractivity contribution in [3.05, 3.63) is 59.7 Å². The van der Waals surface area contributed by atoms with Crippen molar-refractivity contribution in [3.63, 3.8) is 0 Å². The summed E-state index contributed by atoms with van der Waals surface area (Å²) in [4.78, 5) is 9.04. The zero-order valence-electron chi connectivity index (χ0n) is 14.7. The second kappa shape index (κ2) is 5.25. The van der Waals surface area contributed by atoms with Gasteiger partial charge in [0.2, 0.25) is 0 Å². The molecule has 4 aromatic rings. The highest BCUT2D eigenvalue weighted by Crippen LogP contribution is 2.41. The highest BCUT2D eigenvalue weighted by atomic mass is 16.5. The summed E-state index contributed by atoms with van der Waals surface area (Å²) >= 11 is 0. The Bertz CT molecular complexity index is 1140. The largest absolute Gasteiger partial charge is 0.334 e. The molecule has 2 aromatic heterocycles. The van der Waals surface area contributed by atoms with Crippen LogP contribution in [0.5, 0.6) is 0 Å². The summed E-state index contributed by atoms with van der Waals surface area (Å²) in [5.41, 5.74) is 12.1. The van der Waals surface area contributed by atoms with Crippen LogP contribution in [-0.2, 0) is 5.54 Å². The van der Waals surface area contributed by atoms with E-state index in [4.69, 9.17) is 10.3 Å². The van der Waals surface area contributed by atoms with E-state index in [-0.39, 0.29) is 0 Å². The third kappa shape index (κ3) is 2.34. The van der Waals surface area contributed by atoms with Crippen molar-refractivity contribution >= 4 is 11.0 Å². The Morgan fingerprint density at radius 1 is 1.12 bits per heavy atom. The summed E-state index contributed by atoms with van der Waals surface area (Å²) < 4.78 is 7.53. The fourth-order valence-electron chi connectivity index (χ4n) is 3.22. The van der Waals surface area contributed by atoms with Gasteiger partial charge >= 0.3 is 0 Å². The molecule has 6 heteroatoms. The van der Waals surface area contributed by atoms with Crippen molar-refractivity contribution < 1.29 is 4.52 Å². The molecule has 2 aromatic carbocycles. The van der Waals surface area contributed by atoms with Crippen molar-refractivity contribution in [2.24, 2.45) is 5.73 Å². The number of hydrogen-bond donors (Lipinski definition) is 1. The van der Waals surface area contributed by atoms with Gasteiger partial charge in [-0.05, 0) is 62.1 Å². The van der Waals surface area contributed by atoms with E-state index in [1.807, 2.05) is 24.5 Å². The molecule has 1 fully saturated rings. The zero-order valence-corrected chi connectivity index (χ0v) is 14.7. The lowest BCUT2D eigenvalue weighted by atomic mass is 10.1. The molecule has 0 bridgehead atoms. The van der Waals surface area contributed by atoms with Crippen molar-refractivity contribution in [1.82, 2.24) is 19.7 Å². The van der Waals surface area contributed by atoms with Gasteiger partial charge in [-0.1, -0.05) is 17.3 Å². The van der Waals surface area contributed by atoms with Gasteiger partial charge in [-0.3, -0.25) is 4.57 Å². The van der Waals surface area contributed by atoms with Gasteiger partial charge < -0.3 is 10.3 Å². The molecule has 130 valence electrons. The molecule has 26 heavy (non-hydrogen) atoms. The van der Waals surface area contributed by atoms with E-state index in [2.05, 4.69) is 51.7 Å². The minimum absolute atomic E-state index is 0.393. The molecule has 0 amide bonds. The second-order valence-corrected chi connectivity index (χ2v) is 7.19. The van der Waals surface area contributed by atoms with E-state index >= 15 is 0 Å². The zero-order chi connectivity index (χ0) is 17.9. The van der Waals surface area contributed by atoms with Gasteiger partial charge in [0.15, 0.2) is 5.82 Å². The van der Waals surface area contributed by atoms with Crippen molar-refractivity contribution in [2.75, 3.05) is 0 Å². The maximum atomic E-state index is 6.14. The van der Waals surface area contributed by atoms with Gasteiger partial charge in [0.05, 0.1) is 22.3 Å². The maximum Gasteiger partial charge on any atom is 0.258 e. The molecule has 2 heterocycles. The monoisotopic (exact) mass is 345 g/mol. The molecule has 5 rings (SSSR count). The summed E-state index contributed by atoms with van der Waals surface area (Å²) in [7, 11) is 0. The minimum Gasteiger partial charge on any atom is -0.334 e. The van der Waals surface area contributed by atoms with E-state index in [1.165, 1.54) is 11.1 Å². The second-order valence-electron chi connectivity index (χ2n) is 7.19. The lowest BCUT2D eigenvalue weighted by Gasteiger charge is -2.09. The van der Waals surface area contributed by atoms with Gasteiger partial charge in [-0.2, -0.15) is 4.98 Å². The smallest absolute Gasteiger partial charge is 0.258 e. The number of rotatable bonds is 3. The van der Waals surface area contributed by atoms with Crippen LogP contribution in [0.4, 0.5) is 0 Å². The molecule has 1 saturated carbocycles. The first-order chi connectivity index (χ1) is 12.5. The summed E-state index contributed by atoms with van der Waals surface area (Å²) in [6.45, 7) is 4.20. The molecule has 1 aliphatic rings. The predicted octanol–water partition coefficient (Wildman–Crippen LogP) is 3.64. The number of imidazole rings is 1. The highest BCUT2D eigenvalue weighted by Gasteiger charge is 2.44. The van der Waals surface area contributed by atoms with E-state index < -0.39 is 5.54 Å². The van der Waals surface area contributed by atoms with E-state index in [0.717, 1.165) is 35.1 Å². The lowest BCUT2D eigenvalue weighted by Crippen LogP contribution is -2.20. The van der Waals surface area contributed by atoms with Gasteiger partial charge in [-0.25, -0.2) is 4.98 Å². The lowest BCUT2D eigenvalue weighted by molar-refractivity contribution is 0.414. The average molecular weight is 345 g/mol. The first-order valence-electron chi connectivity index (χ1n) is 8.72. The number of aryl methyl sites for hydroxylation is 2. The molecule has 2 N–H and O–H groups in total. The van der Waals surface area contributed by atoms with Crippen LogP contribution in [0.1, 0.15) is 29.8 Å². The van der Waals surface area contributed by atoms with Crippen molar-refractivity contribution in [1.29, 1.82) is 0 Å². The van der Waals surface area contributed by atoms with E-state index in [0.29, 0.717) is 11.7 Å². The number of hydrogen-bond acceptors (Lipinski definition) is 5. The molecule has 0 aliphatic heterocycles. The molecule has 0 radical (unpaired) electrons. The Morgan fingerprint density at radius 2 is 1.96 bits per heavy atom. The average Bonchev–Trinajstić information content (AvgIpc) is 3.07. The molecular weight excluding hydrogens is 326 g/mol. The molecule has 0 unspecified atom stereocenters. The number of nitrogens with zero attached hydrogens (tertiary/aromatic N) is 4. The van der Waals surface area contributed by atoms with Crippen LogP contribution in [0.15, 0.2) is 47.2 Å². The van der Waals surface area contributed by atoms with Crippen molar-refractivity contribution in [2.45, 2.75) is 32.2 Å². The van der Waals surface area contributed by atoms with Gasteiger partial charge in [-0.15, -0.1) is 0 Å². The standard InChI is InChI=1S/C20H19N5O/c1-12-3-4-13(2)17(9-12)25-11-22-15-10-14(5-6-16(15)25)18-23-19(24-26-18)20(21)7-8-20/h3-6,9-11H,7-8,21H2,1-2H3. The highest BCUT2D eigenvalue weighted by molar-refractivity contribution is 5.82. The van der Waals surface area contributed by atoms with Crippen LogP contribution >= 0.6 is 0 Å². The SMILES string of the molecule is Cc1ccc(C)c(-n2cnc3cc(-c4nc(C5(N)CC5)no4)ccc32)c1. The number of benzene rings is 2. The summed E-state index contributed by atoms with van der Waals surface area (Å²) in [5.74, 6) is 1.08. The first-order valence-corrected chi connectivity index (χ1v) is 8.72. The fraction of sp³-hybridized carbons (Fsp3) is 0.250. The molecule has 0 spiro atoms. The third-order valence-electron chi connectivity index (χ3n) is 5.08. The summed E-state index contributed by atoms with van der Waals surface area (Å²) in [6.07, 6.45) is 3.67. The Kier molecular flexibility index (Phi) is 3.09. The topological polar surface area (TPSA) is 82.8 Å². The van der Waals surface area contributed by atoms with Crippen molar-refractivity contribution in [3.8, 4) is 17.1 Å². The van der Waals surface area contributed by atoms with Gasteiger partial charge in [0.25, 0.3) is 5.89 Å². The van der Waals surface area contributed by atoms with Crippen LogP contribution in [0.25, 0.3) is 28.2 Å². The summed E-state index contributed by atoms with van der Waals surface area (Å²) in [6, 6.07) is 12.4. The van der Waals surface area contributed by atoms with E-state index in [9.17, 15) is 0 Å². The molecular formula is C20H19N5O. The van der Waals surface area contributed by atoms with E-state index in [1.54, 1.807) is 0 Å². The normalized spacial score (nSPS) is 15.5. The van der Waals surface area contributed by atoms with Crippen LogP contribution in [0, 0.1) is 13.8 Å². The molecule has 1 aliphatic carbocycles. The number of fused-ring (bicyclic) bond motifs is 1. The molecule has 0 atom stereocenters. The maximum absolute atomic E-state index is 6.14. The Hall–Kier alpha value is -2.99.